The van der Waals surface area contributed by atoms with E-state index in [0.717, 1.165) is 10.3 Å². The first-order valence-electron chi connectivity index (χ1n) is 3.99. The highest BCUT2D eigenvalue weighted by Gasteiger charge is 2.01. The molecule has 74 valence electrons. The van der Waals surface area contributed by atoms with Gasteiger partial charge in [0.2, 0.25) is 0 Å². The van der Waals surface area contributed by atoms with Gasteiger partial charge in [0.15, 0.2) is 3.92 Å². The summed E-state index contributed by atoms with van der Waals surface area (Å²) in [6.45, 7) is 0.655. The largest absolute Gasteiger partial charge is 0.469 e. The molecular formula is C8H7BrN2OS2. The van der Waals surface area contributed by atoms with E-state index in [9.17, 15) is 0 Å². The van der Waals surface area contributed by atoms with Gasteiger partial charge < -0.3 is 4.74 Å². The van der Waals surface area contributed by atoms with Crippen LogP contribution in [0.4, 0.5) is 0 Å². The Morgan fingerprint density at radius 1 is 1.43 bits per heavy atom. The van der Waals surface area contributed by atoms with E-state index < -0.39 is 0 Å². The van der Waals surface area contributed by atoms with E-state index in [2.05, 4.69) is 37.6 Å². The lowest BCUT2D eigenvalue weighted by Crippen LogP contribution is -1.99. The molecule has 0 unspecified atom stereocenters. The molecule has 0 aromatic carbocycles. The number of rotatable bonds is 4. The molecule has 0 aliphatic heterocycles. The fourth-order valence-corrected chi connectivity index (χ4v) is 2.58. The Labute approximate surface area is 97.9 Å². The second-order valence-corrected chi connectivity index (χ2v) is 5.75. The molecule has 0 N–H and O–H groups in total. The van der Waals surface area contributed by atoms with E-state index in [1.54, 1.807) is 11.3 Å². The van der Waals surface area contributed by atoms with Crippen molar-refractivity contribution >= 4 is 38.6 Å². The van der Waals surface area contributed by atoms with Gasteiger partial charge in [0.1, 0.15) is 0 Å². The molecule has 6 heteroatoms. The number of hydrogen-bond acceptors (Lipinski definition) is 5. The van der Waals surface area contributed by atoms with Crippen molar-refractivity contribution in [2.24, 2.45) is 0 Å². The normalized spacial score (nSPS) is 10.4. The molecule has 0 fully saturated rings. The molecule has 2 aromatic heterocycles. The second kappa shape index (κ2) is 4.86. The minimum Gasteiger partial charge on any atom is -0.469 e. The Hall–Kier alpha value is -0.460. The van der Waals surface area contributed by atoms with Crippen molar-refractivity contribution in [2.75, 3.05) is 6.61 Å². The van der Waals surface area contributed by atoms with Crippen molar-refractivity contribution in [1.82, 2.24) is 10.2 Å². The van der Waals surface area contributed by atoms with Crippen LogP contribution >= 0.6 is 38.6 Å². The van der Waals surface area contributed by atoms with E-state index in [1.807, 2.05) is 6.07 Å². The summed E-state index contributed by atoms with van der Waals surface area (Å²) in [7, 11) is 0. The molecule has 2 aromatic rings. The van der Waals surface area contributed by atoms with Gasteiger partial charge in [0.05, 0.1) is 6.61 Å². The van der Waals surface area contributed by atoms with E-state index in [0.29, 0.717) is 11.8 Å². The molecule has 0 aliphatic carbocycles. The molecule has 0 aliphatic rings. The second-order valence-electron chi connectivity index (χ2n) is 2.50. The van der Waals surface area contributed by atoms with E-state index in [1.165, 1.54) is 16.2 Å². The van der Waals surface area contributed by atoms with E-state index in [-0.39, 0.29) is 0 Å². The topological polar surface area (TPSA) is 35.0 Å². The number of thiophene rings is 1. The fraction of sp³-hybridized carbons (Fsp3) is 0.250. The molecule has 2 heterocycles. The van der Waals surface area contributed by atoms with Crippen LogP contribution in [0.1, 0.15) is 4.88 Å². The molecule has 14 heavy (non-hydrogen) atoms. The molecule has 0 spiro atoms. The van der Waals surface area contributed by atoms with Crippen LogP contribution in [0, 0.1) is 0 Å². The molecule has 3 nitrogen and oxygen atoms in total. The SMILES string of the molecule is Brc1nnc(OCCc2cccs2)s1. The highest BCUT2D eigenvalue weighted by Crippen LogP contribution is 2.22. The molecule has 0 bridgehead atoms. The predicted octanol–water partition coefficient (Wildman–Crippen LogP) is 2.98. The van der Waals surface area contributed by atoms with Crippen LogP contribution in [0.2, 0.25) is 0 Å². The van der Waals surface area contributed by atoms with Crippen molar-refractivity contribution < 1.29 is 4.74 Å². The van der Waals surface area contributed by atoms with Crippen LogP contribution in [-0.2, 0) is 6.42 Å². The third kappa shape index (κ3) is 2.76. The zero-order valence-corrected chi connectivity index (χ0v) is 10.4. The average molecular weight is 291 g/mol. The summed E-state index contributed by atoms with van der Waals surface area (Å²) < 4.78 is 6.18. The van der Waals surface area contributed by atoms with Crippen LogP contribution in [0.5, 0.6) is 5.19 Å². The third-order valence-corrected chi connectivity index (χ3v) is 3.74. The van der Waals surface area contributed by atoms with Gasteiger partial charge in [0.25, 0.3) is 5.19 Å². The quantitative estimate of drug-likeness (QED) is 0.868. The van der Waals surface area contributed by atoms with Crippen molar-refractivity contribution in [3.63, 3.8) is 0 Å². The summed E-state index contributed by atoms with van der Waals surface area (Å²) in [5, 5.41) is 10.3. The Bertz CT molecular complexity index is 388. The van der Waals surface area contributed by atoms with Gasteiger partial charge in [-0.15, -0.1) is 16.4 Å². The van der Waals surface area contributed by atoms with Crippen molar-refractivity contribution in [2.45, 2.75) is 6.42 Å². The molecule has 0 atom stereocenters. The van der Waals surface area contributed by atoms with Gasteiger partial charge >= 0.3 is 0 Å². The maximum Gasteiger partial charge on any atom is 0.294 e. The highest BCUT2D eigenvalue weighted by molar-refractivity contribution is 9.11. The molecular weight excluding hydrogens is 284 g/mol. The summed E-state index contributed by atoms with van der Waals surface area (Å²) in [6, 6.07) is 4.14. The molecule has 2 rings (SSSR count). The van der Waals surface area contributed by atoms with Gasteiger partial charge in [-0.05, 0) is 38.7 Å². The third-order valence-electron chi connectivity index (χ3n) is 1.54. The summed E-state index contributed by atoms with van der Waals surface area (Å²) in [5.41, 5.74) is 0. The van der Waals surface area contributed by atoms with Crippen molar-refractivity contribution in [3.8, 4) is 5.19 Å². The van der Waals surface area contributed by atoms with Crippen LogP contribution < -0.4 is 4.74 Å². The highest BCUT2D eigenvalue weighted by atomic mass is 79.9. The number of aromatic nitrogens is 2. The van der Waals surface area contributed by atoms with Crippen molar-refractivity contribution in [3.05, 3.63) is 26.3 Å². The lowest BCUT2D eigenvalue weighted by Gasteiger charge is -1.98. The van der Waals surface area contributed by atoms with Crippen LogP contribution in [0.15, 0.2) is 21.4 Å². The van der Waals surface area contributed by atoms with Gasteiger partial charge in [-0.3, -0.25) is 0 Å². The van der Waals surface area contributed by atoms with Crippen LogP contribution in [0.25, 0.3) is 0 Å². The van der Waals surface area contributed by atoms with Gasteiger partial charge in [-0.25, -0.2) is 0 Å². The molecule has 0 amide bonds. The van der Waals surface area contributed by atoms with Crippen LogP contribution in [0.3, 0.4) is 0 Å². The summed E-state index contributed by atoms with van der Waals surface area (Å²) in [6.07, 6.45) is 0.925. The van der Waals surface area contributed by atoms with Gasteiger partial charge in [0, 0.05) is 11.3 Å². The van der Waals surface area contributed by atoms with Gasteiger partial charge in [-0.1, -0.05) is 11.2 Å². The van der Waals surface area contributed by atoms with Crippen molar-refractivity contribution in [1.29, 1.82) is 0 Å². The molecule has 0 saturated carbocycles. The zero-order chi connectivity index (χ0) is 9.80. The van der Waals surface area contributed by atoms with Gasteiger partial charge in [-0.2, -0.15) is 0 Å². The standard InChI is InChI=1S/C8H7BrN2OS2/c9-7-10-11-8(14-7)12-4-3-6-2-1-5-13-6/h1-2,5H,3-4H2. The minimum absolute atomic E-state index is 0.619. The molecule has 0 saturated heterocycles. The first-order valence-corrected chi connectivity index (χ1v) is 6.48. The average Bonchev–Trinajstić information content (AvgIpc) is 2.77. The van der Waals surface area contributed by atoms with E-state index >= 15 is 0 Å². The number of ether oxygens (including phenoxy) is 1. The fourth-order valence-electron chi connectivity index (χ4n) is 0.945. The van der Waals surface area contributed by atoms with E-state index in [4.69, 9.17) is 4.74 Å². The monoisotopic (exact) mass is 290 g/mol. The Balaban J connectivity index is 1.78. The number of halogens is 1. The smallest absolute Gasteiger partial charge is 0.294 e. The molecule has 0 radical (unpaired) electrons. The zero-order valence-electron chi connectivity index (χ0n) is 7.14. The summed E-state index contributed by atoms with van der Waals surface area (Å²) >= 11 is 6.37. The number of hydrogen-bond donors (Lipinski definition) is 0. The van der Waals surface area contributed by atoms with Crippen LogP contribution in [-0.4, -0.2) is 16.8 Å². The first-order chi connectivity index (χ1) is 6.84. The lowest BCUT2D eigenvalue weighted by atomic mass is 10.4. The Morgan fingerprint density at radius 2 is 2.36 bits per heavy atom. The Morgan fingerprint density at radius 3 is 3.00 bits per heavy atom. The predicted molar refractivity (Wildman–Crippen MR) is 61.1 cm³/mol. The first kappa shape index (κ1) is 10.1. The lowest BCUT2D eigenvalue weighted by molar-refractivity contribution is 0.318. The minimum atomic E-state index is 0.619. The Kier molecular flexibility index (Phi) is 3.49. The summed E-state index contributed by atoms with van der Waals surface area (Å²) in [5.74, 6) is 0. The maximum atomic E-state index is 5.42. The summed E-state index contributed by atoms with van der Waals surface area (Å²) in [4.78, 5) is 1.33. The maximum absolute atomic E-state index is 5.42. The number of nitrogens with zero attached hydrogens (tertiary/aromatic N) is 2.